The first-order valence-corrected chi connectivity index (χ1v) is 8.23. The van der Waals surface area contributed by atoms with Crippen LogP contribution in [0.1, 0.15) is 11.1 Å². The van der Waals surface area contributed by atoms with Crippen LogP contribution in [-0.4, -0.2) is 41.7 Å². The second kappa shape index (κ2) is 8.24. The zero-order valence-corrected chi connectivity index (χ0v) is 14.0. The summed E-state index contributed by atoms with van der Waals surface area (Å²) < 4.78 is 10.9. The minimum Gasteiger partial charge on any atom is -0.459 e. The van der Waals surface area contributed by atoms with Gasteiger partial charge in [0.2, 0.25) is 0 Å². The number of carbonyl (C=O) groups is 1. The normalized spacial score (nSPS) is 18.3. The van der Waals surface area contributed by atoms with Gasteiger partial charge >= 0.3 is 5.97 Å². The summed E-state index contributed by atoms with van der Waals surface area (Å²) in [5.41, 5.74) is 2.02. The van der Waals surface area contributed by atoms with Crippen LogP contribution >= 0.6 is 11.6 Å². The number of esters is 1. The Morgan fingerprint density at radius 1 is 1.25 bits per heavy atom. The molecule has 1 saturated heterocycles. The summed E-state index contributed by atoms with van der Waals surface area (Å²) in [7, 11) is 0. The standard InChI is InChI=1S/C18H19ClN2O3/c19-17-7-6-15(10-20-17)13-24-18(22)16-12-21(8-9-23-16)11-14-4-2-1-3-5-14/h1-7,10,16H,8-9,11-13H2/t16-/m1/s1. The molecule has 2 heterocycles. The lowest BCUT2D eigenvalue weighted by Gasteiger charge is -2.31. The maximum absolute atomic E-state index is 12.2. The highest BCUT2D eigenvalue weighted by Gasteiger charge is 2.28. The number of carbonyl (C=O) groups excluding carboxylic acids is 1. The van der Waals surface area contributed by atoms with Gasteiger partial charge in [0.25, 0.3) is 0 Å². The van der Waals surface area contributed by atoms with Gasteiger partial charge in [0.15, 0.2) is 6.10 Å². The topological polar surface area (TPSA) is 51.7 Å². The predicted octanol–water partition coefficient (Wildman–Crippen LogP) is 2.68. The third-order valence-corrected chi connectivity index (χ3v) is 4.06. The fourth-order valence-electron chi connectivity index (χ4n) is 2.57. The molecule has 6 heteroatoms. The first-order valence-electron chi connectivity index (χ1n) is 7.85. The van der Waals surface area contributed by atoms with Crippen LogP contribution in [0.4, 0.5) is 0 Å². The highest BCUT2D eigenvalue weighted by atomic mass is 35.5. The van der Waals surface area contributed by atoms with Gasteiger partial charge in [-0.15, -0.1) is 0 Å². The third-order valence-electron chi connectivity index (χ3n) is 3.83. The molecule has 5 nitrogen and oxygen atoms in total. The summed E-state index contributed by atoms with van der Waals surface area (Å²) in [6.07, 6.45) is 1.04. The molecule has 0 amide bonds. The van der Waals surface area contributed by atoms with E-state index < -0.39 is 6.10 Å². The van der Waals surface area contributed by atoms with Crippen LogP contribution in [0.3, 0.4) is 0 Å². The van der Waals surface area contributed by atoms with Crippen molar-refractivity contribution in [3.05, 3.63) is 64.9 Å². The van der Waals surface area contributed by atoms with Crippen LogP contribution in [-0.2, 0) is 27.4 Å². The van der Waals surface area contributed by atoms with E-state index in [9.17, 15) is 4.79 Å². The second-order valence-electron chi connectivity index (χ2n) is 5.68. The molecule has 0 unspecified atom stereocenters. The van der Waals surface area contributed by atoms with E-state index in [1.165, 1.54) is 5.56 Å². The molecule has 1 aromatic carbocycles. The zero-order chi connectivity index (χ0) is 16.8. The molecule has 0 radical (unpaired) electrons. The molecule has 2 aromatic rings. The largest absolute Gasteiger partial charge is 0.459 e. The van der Waals surface area contributed by atoms with Gasteiger partial charge in [-0.1, -0.05) is 48.0 Å². The minimum absolute atomic E-state index is 0.168. The Hall–Kier alpha value is -1.95. The molecule has 1 atom stereocenters. The van der Waals surface area contributed by atoms with Crippen LogP contribution in [0.25, 0.3) is 0 Å². The van der Waals surface area contributed by atoms with Crippen molar-refractivity contribution in [3.63, 3.8) is 0 Å². The summed E-state index contributed by atoms with van der Waals surface area (Å²) >= 11 is 5.73. The lowest BCUT2D eigenvalue weighted by molar-refractivity contribution is -0.164. The SMILES string of the molecule is O=C(OCc1ccc(Cl)nc1)[C@H]1CN(Cc2ccccc2)CCO1. The monoisotopic (exact) mass is 346 g/mol. The van der Waals surface area contributed by atoms with E-state index in [0.717, 1.165) is 18.7 Å². The molecule has 0 aliphatic carbocycles. The average molecular weight is 347 g/mol. The van der Waals surface area contributed by atoms with Crippen LogP contribution in [0, 0.1) is 0 Å². The molecule has 0 saturated carbocycles. The van der Waals surface area contributed by atoms with Gasteiger partial charge in [0.1, 0.15) is 11.8 Å². The minimum atomic E-state index is -0.553. The summed E-state index contributed by atoms with van der Waals surface area (Å²) in [6.45, 7) is 2.83. The molecule has 1 aliphatic rings. The number of hydrogen-bond acceptors (Lipinski definition) is 5. The summed E-state index contributed by atoms with van der Waals surface area (Å²) in [4.78, 5) is 18.4. The lowest BCUT2D eigenvalue weighted by atomic mass is 10.2. The molecule has 0 bridgehead atoms. The number of pyridine rings is 1. The van der Waals surface area contributed by atoms with Crippen molar-refractivity contribution in [3.8, 4) is 0 Å². The molecular formula is C18H19ClN2O3. The van der Waals surface area contributed by atoms with Gasteiger partial charge in [-0.05, 0) is 11.6 Å². The molecule has 24 heavy (non-hydrogen) atoms. The van der Waals surface area contributed by atoms with Gasteiger partial charge in [-0.25, -0.2) is 9.78 Å². The number of rotatable bonds is 5. The van der Waals surface area contributed by atoms with Crippen LogP contribution in [0.2, 0.25) is 5.15 Å². The highest BCUT2D eigenvalue weighted by molar-refractivity contribution is 6.29. The number of hydrogen-bond donors (Lipinski definition) is 0. The smallest absolute Gasteiger partial charge is 0.336 e. The molecule has 0 spiro atoms. The van der Waals surface area contributed by atoms with Crippen molar-refractivity contribution < 1.29 is 14.3 Å². The van der Waals surface area contributed by atoms with E-state index in [1.54, 1.807) is 18.3 Å². The molecule has 1 fully saturated rings. The Labute approximate surface area is 146 Å². The quantitative estimate of drug-likeness (QED) is 0.615. The highest BCUT2D eigenvalue weighted by Crippen LogP contribution is 2.13. The number of nitrogens with zero attached hydrogens (tertiary/aromatic N) is 2. The van der Waals surface area contributed by atoms with E-state index in [0.29, 0.717) is 18.3 Å². The third kappa shape index (κ3) is 4.77. The average Bonchev–Trinajstić information content (AvgIpc) is 2.62. The van der Waals surface area contributed by atoms with Crippen LogP contribution < -0.4 is 0 Å². The second-order valence-corrected chi connectivity index (χ2v) is 6.06. The molecule has 1 aliphatic heterocycles. The van der Waals surface area contributed by atoms with E-state index in [-0.39, 0.29) is 12.6 Å². The Bertz CT molecular complexity index is 664. The number of morpholine rings is 1. The Morgan fingerprint density at radius 2 is 2.08 bits per heavy atom. The fourth-order valence-corrected chi connectivity index (χ4v) is 2.68. The number of aromatic nitrogens is 1. The number of ether oxygens (including phenoxy) is 2. The van der Waals surface area contributed by atoms with Gasteiger partial charge in [0, 0.05) is 31.4 Å². The van der Waals surface area contributed by atoms with Crippen molar-refractivity contribution in [1.82, 2.24) is 9.88 Å². The lowest BCUT2D eigenvalue weighted by Crippen LogP contribution is -2.46. The van der Waals surface area contributed by atoms with Crippen LogP contribution in [0.15, 0.2) is 48.7 Å². The summed E-state index contributed by atoms with van der Waals surface area (Å²) in [5.74, 6) is -0.345. The number of halogens is 1. The fraction of sp³-hybridized carbons (Fsp3) is 0.333. The zero-order valence-electron chi connectivity index (χ0n) is 13.2. The Morgan fingerprint density at radius 3 is 2.83 bits per heavy atom. The van der Waals surface area contributed by atoms with Gasteiger partial charge in [0.05, 0.1) is 6.61 Å². The van der Waals surface area contributed by atoms with Gasteiger partial charge in [-0.2, -0.15) is 0 Å². The molecule has 3 rings (SSSR count). The van der Waals surface area contributed by atoms with E-state index in [4.69, 9.17) is 21.1 Å². The summed E-state index contributed by atoms with van der Waals surface area (Å²) in [6, 6.07) is 13.6. The Kier molecular flexibility index (Phi) is 5.80. The van der Waals surface area contributed by atoms with E-state index in [1.807, 2.05) is 18.2 Å². The molecule has 1 aromatic heterocycles. The number of benzene rings is 1. The van der Waals surface area contributed by atoms with Crippen molar-refractivity contribution in [1.29, 1.82) is 0 Å². The van der Waals surface area contributed by atoms with Crippen LogP contribution in [0.5, 0.6) is 0 Å². The maximum atomic E-state index is 12.2. The van der Waals surface area contributed by atoms with E-state index in [2.05, 4.69) is 22.0 Å². The first kappa shape index (κ1) is 16.9. The Balaban J connectivity index is 1.50. The molecule has 126 valence electrons. The maximum Gasteiger partial charge on any atom is 0.336 e. The van der Waals surface area contributed by atoms with Crippen molar-refractivity contribution >= 4 is 17.6 Å². The van der Waals surface area contributed by atoms with Crippen molar-refractivity contribution in [2.24, 2.45) is 0 Å². The molecular weight excluding hydrogens is 328 g/mol. The van der Waals surface area contributed by atoms with Gasteiger partial charge < -0.3 is 9.47 Å². The van der Waals surface area contributed by atoms with E-state index >= 15 is 0 Å². The van der Waals surface area contributed by atoms with Crippen molar-refractivity contribution in [2.75, 3.05) is 19.7 Å². The molecule has 0 N–H and O–H groups in total. The van der Waals surface area contributed by atoms with Gasteiger partial charge in [-0.3, -0.25) is 4.90 Å². The van der Waals surface area contributed by atoms with Crippen molar-refractivity contribution in [2.45, 2.75) is 19.3 Å². The first-order chi connectivity index (χ1) is 11.7. The predicted molar refractivity (Wildman–Crippen MR) is 90.5 cm³/mol. The summed E-state index contributed by atoms with van der Waals surface area (Å²) in [5, 5.41) is 0.414.